The molecule has 2 aliphatic heterocycles. The number of aryl methyl sites for hydroxylation is 1. The van der Waals surface area contributed by atoms with Crippen molar-refractivity contribution in [3.63, 3.8) is 0 Å². The first kappa shape index (κ1) is 21.5. The van der Waals surface area contributed by atoms with Crippen molar-refractivity contribution < 1.29 is 4.74 Å². The van der Waals surface area contributed by atoms with Crippen molar-refractivity contribution in [3.05, 3.63) is 35.4 Å². The van der Waals surface area contributed by atoms with E-state index in [2.05, 4.69) is 53.3 Å². The van der Waals surface area contributed by atoms with Gasteiger partial charge in [-0.2, -0.15) is 0 Å². The second-order valence-electron chi connectivity index (χ2n) is 7.73. The lowest BCUT2D eigenvalue weighted by Gasteiger charge is -2.36. The number of hydrogen-bond acceptors (Lipinski definition) is 2. The lowest BCUT2D eigenvalue weighted by atomic mass is 9.89. The number of aliphatic imine (C=N–C) groups is 1. The second kappa shape index (κ2) is 10.5. The Morgan fingerprint density at radius 2 is 2.00 bits per heavy atom. The third-order valence-electron chi connectivity index (χ3n) is 5.54. The van der Waals surface area contributed by atoms with Crippen LogP contribution >= 0.6 is 24.0 Å². The van der Waals surface area contributed by atoms with Gasteiger partial charge in [-0.15, -0.1) is 24.0 Å². The Hall–Kier alpha value is -0.820. The zero-order valence-corrected chi connectivity index (χ0v) is 18.7. The van der Waals surface area contributed by atoms with Gasteiger partial charge in [0, 0.05) is 39.2 Å². The number of guanidine groups is 1. The molecule has 0 spiro atoms. The highest BCUT2D eigenvalue weighted by Crippen LogP contribution is 2.33. The SMILES string of the molecule is CN=C(NCC1CCCOC1c1ccc(C)cc1)N1CCCC(C)C1.I. The Balaban J connectivity index is 0.00000243. The molecule has 1 aromatic rings. The van der Waals surface area contributed by atoms with Crippen molar-refractivity contribution in [2.24, 2.45) is 16.8 Å². The van der Waals surface area contributed by atoms with Crippen LogP contribution in [0, 0.1) is 18.8 Å². The second-order valence-corrected chi connectivity index (χ2v) is 7.73. The fourth-order valence-electron chi connectivity index (χ4n) is 4.11. The maximum absolute atomic E-state index is 6.15. The average Bonchev–Trinajstić information content (AvgIpc) is 2.63. The van der Waals surface area contributed by atoms with E-state index in [1.54, 1.807) is 0 Å². The number of nitrogens with one attached hydrogen (secondary N) is 1. The van der Waals surface area contributed by atoms with Gasteiger partial charge in [0.25, 0.3) is 0 Å². The summed E-state index contributed by atoms with van der Waals surface area (Å²) in [5.41, 5.74) is 2.60. The number of piperidine rings is 1. The van der Waals surface area contributed by atoms with E-state index >= 15 is 0 Å². The fraction of sp³-hybridized carbons (Fsp3) is 0.667. The predicted octanol–water partition coefficient (Wildman–Crippen LogP) is 4.39. The molecule has 26 heavy (non-hydrogen) atoms. The smallest absolute Gasteiger partial charge is 0.193 e. The van der Waals surface area contributed by atoms with E-state index in [9.17, 15) is 0 Å². The van der Waals surface area contributed by atoms with Crippen molar-refractivity contribution >= 4 is 29.9 Å². The molecule has 5 heteroatoms. The summed E-state index contributed by atoms with van der Waals surface area (Å²) in [5.74, 6) is 2.31. The maximum Gasteiger partial charge on any atom is 0.193 e. The van der Waals surface area contributed by atoms with Crippen LogP contribution in [0.1, 0.15) is 49.8 Å². The summed E-state index contributed by atoms with van der Waals surface area (Å²) < 4.78 is 6.15. The van der Waals surface area contributed by atoms with Crippen molar-refractivity contribution in [3.8, 4) is 0 Å². The number of benzene rings is 1. The molecular formula is C21H34IN3O. The Labute approximate surface area is 175 Å². The third-order valence-corrected chi connectivity index (χ3v) is 5.54. The lowest BCUT2D eigenvalue weighted by molar-refractivity contribution is -0.0267. The normalized spacial score (nSPS) is 27.0. The van der Waals surface area contributed by atoms with Gasteiger partial charge < -0.3 is 15.0 Å². The van der Waals surface area contributed by atoms with Crippen molar-refractivity contribution in [2.75, 3.05) is 33.3 Å². The number of ether oxygens (including phenoxy) is 1. The predicted molar refractivity (Wildman–Crippen MR) is 119 cm³/mol. The summed E-state index contributed by atoms with van der Waals surface area (Å²) >= 11 is 0. The summed E-state index contributed by atoms with van der Waals surface area (Å²) in [6, 6.07) is 8.82. The van der Waals surface area contributed by atoms with Crippen LogP contribution in [0.3, 0.4) is 0 Å². The van der Waals surface area contributed by atoms with E-state index in [1.165, 1.54) is 30.4 Å². The lowest BCUT2D eigenvalue weighted by Crippen LogP contribution is -2.48. The summed E-state index contributed by atoms with van der Waals surface area (Å²) in [7, 11) is 1.90. The number of rotatable bonds is 3. The maximum atomic E-state index is 6.15. The highest BCUT2D eigenvalue weighted by Gasteiger charge is 2.28. The van der Waals surface area contributed by atoms with Crippen LogP contribution in [0.15, 0.2) is 29.3 Å². The number of likely N-dealkylation sites (tertiary alicyclic amines) is 1. The topological polar surface area (TPSA) is 36.9 Å². The minimum Gasteiger partial charge on any atom is -0.373 e. The molecule has 146 valence electrons. The molecule has 2 aliphatic rings. The van der Waals surface area contributed by atoms with Gasteiger partial charge in [0.1, 0.15) is 0 Å². The molecule has 0 aromatic heterocycles. The van der Waals surface area contributed by atoms with Gasteiger partial charge in [-0.25, -0.2) is 0 Å². The molecule has 3 rings (SSSR count). The van der Waals surface area contributed by atoms with E-state index < -0.39 is 0 Å². The van der Waals surface area contributed by atoms with Crippen LogP contribution < -0.4 is 5.32 Å². The molecule has 0 bridgehead atoms. The number of halogens is 1. The molecule has 0 saturated carbocycles. The van der Waals surface area contributed by atoms with E-state index in [4.69, 9.17) is 4.74 Å². The summed E-state index contributed by atoms with van der Waals surface area (Å²) in [6.07, 6.45) is 5.15. The monoisotopic (exact) mass is 471 g/mol. The Kier molecular flexibility index (Phi) is 8.67. The van der Waals surface area contributed by atoms with Gasteiger partial charge in [0.2, 0.25) is 0 Å². The minimum atomic E-state index is 0. The molecule has 2 saturated heterocycles. The van der Waals surface area contributed by atoms with Crippen LogP contribution in [0.5, 0.6) is 0 Å². The molecule has 1 aromatic carbocycles. The zero-order valence-electron chi connectivity index (χ0n) is 16.4. The van der Waals surface area contributed by atoms with Gasteiger partial charge in [0.05, 0.1) is 6.10 Å². The van der Waals surface area contributed by atoms with Gasteiger partial charge >= 0.3 is 0 Å². The van der Waals surface area contributed by atoms with E-state index in [-0.39, 0.29) is 30.1 Å². The minimum absolute atomic E-state index is 0. The molecule has 0 aliphatic carbocycles. The Bertz CT molecular complexity index is 575. The Morgan fingerprint density at radius 3 is 2.69 bits per heavy atom. The summed E-state index contributed by atoms with van der Waals surface area (Å²) in [4.78, 5) is 6.95. The Morgan fingerprint density at radius 1 is 1.23 bits per heavy atom. The molecule has 4 nitrogen and oxygen atoms in total. The van der Waals surface area contributed by atoms with Crippen LogP contribution in [0.25, 0.3) is 0 Å². The first-order chi connectivity index (χ1) is 12.2. The van der Waals surface area contributed by atoms with Crippen molar-refractivity contribution in [1.82, 2.24) is 10.2 Å². The van der Waals surface area contributed by atoms with Crippen molar-refractivity contribution in [2.45, 2.75) is 45.6 Å². The standard InChI is InChI=1S/C21H33N3O.HI/c1-16-8-10-18(11-9-16)20-19(7-5-13-25-20)14-23-21(22-3)24-12-4-6-17(2)15-24;/h8-11,17,19-20H,4-7,12-15H2,1-3H3,(H,22,23);1H. The van der Waals surface area contributed by atoms with E-state index in [0.29, 0.717) is 5.92 Å². The summed E-state index contributed by atoms with van der Waals surface area (Å²) in [6.45, 7) is 8.49. The first-order valence-electron chi connectivity index (χ1n) is 9.81. The molecule has 0 radical (unpaired) electrons. The molecule has 1 N–H and O–H groups in total. The average molecular weight is 471 g/mol. The molecular weight excluding hydrogens is 437 g/mol. The largest absolute Gasteiger partial charge is 0.373 e. The van der Waals surface area contributed by atoms with E-state index in [1.807, 2.05) is 7.05 Å². The van der Waals surface area contributed by atoms with Gasteiger partial charge in [-0.3, -0.25) is 4.99 Å². The molecule has 2 fully saturated rings. The number of hydrogen-bond donors (Lipinski definition) is 1. The highest BCUT2D eigenvalue weighted by molar-refractivity contribution is 14.0. The first-order valence-corrected chi connectivity index (χ1v) is 9.81. The fourth-order valence-corrected chi connectivity index (χ4v) is 4.11. The summed E-state index contributed by atoms with van der Waals surface area (Å²) in [5, 5.41) is 3.64. The quantitative estimate of drug-likeness (QED) is 0.404. The van der Waals surface area contributed by atoms with Crippen LogP contribution in [-0.4, -0.2) is 44.1 Å². The molecule has 0 amide bonds. The molecule has 3 unspecified atom stereocenters. The number of nitrogens with zero attached hydrogens (tertiary/aromatic N) is 2. The van der Waals surface area contributed by atoms with Crippen LogP contribution in [0.4, 0.5) is 0 Å². The highest BCUT2D eigenvalue weighted by atomic mass is 127. The van der Waals surface area contributed by atoms with Gasteiger partial charge in [-0.1, -0.05) is 36.8 Å². The van der Waals surface area contributed by atoms with Gasteiger partial charge in [0.15, 0.2) is 5.96 Å². The molecule has 2 heterocycles. The van der Waals surface area contributed by atoms with E-state index in [0.717, 1.165) is 44.5 Å². The zero-order chi connectivity index (χ0) is 17.6. The third kappa shape index (κ3) is 5.59. The molecule has 3 atom stereocenters. The van der Waals surface area contributed by atoms with Gasteiger partial charge in [-0.05, 0) is 44.1 Å². The van der Waals surface area contributed by atoms with Crippen molar-refractivity contribution in [1.29, 1.82) is 0 Å². The van der Waals surface area contributed by atoms with Crippen LogP contribution in [0.2, 0.25) is 0 Å². The van der Waals surface area contributed by atoms with Crippen LogP contribution in [-0.2, 0) is 4.74 Å².